The van der Waals surface area contributed by atoms with Crippen LogP contribution in [0.1, 0.15) is 12.0 Å². The highest BCUT2D eigenvalue weighted by molar-refractivity contribution is 8.26. The van der Waals surface area contributed by atoms with Crippen LogP contribution in [0.3, 0.4) is 0 Å². The molecule has 2 fully saturated rings. The van der Waals surface area contributed by atoms with Crippen LogP contribution in [0.15, 0.2) is 23.1 Å². The van der Waals surface area contributed by atoms with E-state index < -0.39 is 21.8 Å². The molecule has 148 valence electrons. The highest BCUT2D eigenvalue weighted by atomic mass is 32.2. The maximum Gasteiger partial charge on any atom is 0.266 e. The van der Waals surface area contributed by atoms with Gasteiger partial charge in [0.15, 0.2) is 21.3 Å². The Kier molecular flexibility index (Phi) is 5.06. The molecule has 2 saturated heterocycles. The first kappa shape index (κ1) is 19.2. The van der Waals surface area contributed by atoms with Crippen LogP contribution in [0.5, 0.6) is 11.5 Å². The Balaban J connectivity index is 1.42. The molecule has 1 unspecified atom stereocenters. The van der Waals surface area contributed by atoms with Crippen molar-refractivity contribution in [2.75, 3.05) is 24.8 Å². The molecule has 3 heterocycles. The summed E-state index contributed by atoms with van der Waals surface area (Å²) >= 11 is 6.35. The normalized spacial score (nSPS) is 24.2. The van der Waals surface area contributed by atoms with Crippen molar-refractivity contribution < 1.29 is 27.5 Å². The van der Waals surface area contributed by atoms with Crippen molar-refractivity contribution in [3.8, 4) is 11.5 Å². The second kappa shape index (κ2) is 7.37. The summed E-state index contributed by atoms with van der Waals surface area (Å²) in [7, 11) is -3.09. The predicted molar refractivity (Wildman–Crippen MR) is 108 cm³/mol. The number of nitrogens with zero attached hydrogens (tertiary/aromatic N) is 1. The quantitative estimate of drug-likeness (QED) is 0.545. The van der Waals surface area contributed by atoms with E-state index in [2.05, 4.69) is 5.32 Å². The van der Waals surface area contributed by atoms with Crippen molar-refractivity contribution in [3.63, 3.8) is 0 Å². The number of sulfone groups is 1. The summed E-state index contributed by atoms with van der Waals surface area (Å²) in [4.78, 5) is 26.5. The number of nitrogens with one attached hydrogen (secondary N) is 1. The molecule has 28 heavy (non-hydrogen) atoms. The van der Waals surface area contributed by atoms with Gasteiger partial charge >= 0.3 is 0 Å². The van der Waals surface area contributed by atoms with E-state index in [9.17, 15) is 18.0 Å². The second-order valence-electron chi connectivity index (χ2n) is 6.55. The van der Waals surface area contributed by atoms with Crippen LogP contribution in [0, 0.1) is 0 Å². The highest BCUT2D eigenvalue weighted by Gasteiger charge is 2.35. The molecule has 1 aromatic carbocycles. The smallest absolute Gasteiger partial charge is 0.266 e. The average molecular weight is 441 g/mol. The van der Waals surface area contributed by atoms with Crippen LogP contribution in [0.2, 0.25) is 0 Å². The first-order chi connectivity index (χ1) is 13.3. The minimum absolute atomic E-state index is 0.0667. The fourth-order valence-corrected chi connectivity index (χ4v) is 6.04. The summed E-state index contributed by atoms with van der Waals surface area (Å²) in [5.74, 6) is 0.466. The molecule has 1 aromatic rings. The molecule has 4 rings (SSSR count). The number of ether oxygens (including phenoxy) is 2. The van der Waals surface area contributed by atoms with Crippen LogP contribution in [-0.4, -0.2) is 60.3 Å². The highest BCUT2D eigenvalue weighted by Crippen LogP contribution is 2.36. The lowest BCUT2D eigenvalue weighted by molar-refractivity contribution is -0.129. The molecule has 11 heteroatoms. The van der Waals surface area contributed by atoms with E-state index in [0.717, 1.165) is 17.3 Å². The Hall–Kier alpha value is -2.11. The van der Waals surface area contributed by atoms with Gasteiger partial charge in [-0.2, -0.15) is 0 Å². The number of thioether (sulfide) groups is 1. The number of hydrogen-bond acceptors (Lipinski definition) is 8. The van der Waals surface area contributed by atoms with E-state index in [1.807, 2.05) is 0 Å². The van der Waals surface area contributed by atoms with Gasteiger partial charge < -0.3 is 14.8 Å². The Morgan fingerprint density at radius 3 is 2.89 bits per heavy atom. The number of fused-ring (bicyclic) bond motifs is 1. The largest absolute Gasteiger partial charge is 0.454 e. The van der Waals surface area contributed by atoms with Crippen molar-refractivity contribution in [2.45, 2.75) is 12.5 Å². The number of benzene rings is 1. The zero-order valence-corrected chi connectivity index (χ0v) is 17.0. The van der Waals surface area contributed by atoms with Gasteiger partial charge in [-0.1, -0.05) is 30.0 Å². The van der Waals surface area contributed by atoms with Gasteiger partial charge in [-0.25, -0.2) is 8.42 Å². The number of amides is 2. The van der Waals surface area contributed by atoms with Crippen molar-refractivity contribution in [3.05, 3.63) is 28.7 Å². The molecule has 3 aliphatic heterocycles. The van der Waals surface area contributed by atoms with Crippen LogP contribution in [0.4, 0.5) is 0 Å². The first-order valence-electron chi connectivity index (χ1n) is 8.45. The number of thiocarbonyl (C=S) groups is 1. The van der Waals surface area contributed by atoms with Gasteiger partial charge in [0.25, 0.3) is 5.91 Å². The summed E-state index contributed by atoms with van der Waals surface area (Å²) in [5, 5.41) is 2.66. The number of carbonyl (C=O) groups excluding carboxylic acids is 2. The molecule has 0 radical (unpaired) electrons. The molecular formula is C17H16N2O6S3. The molecule has 0 bridgehead atoms. The lowest BCUT2D eigenvalue weighted by Gasteiger charge is -2.16. The molecule has 8 nitrogen and oxygen atoms in total. The molecule has 0 aliphatic carbocycles. The van der Waals surface area contributed by atoms with Crippen molar-refractivity contribution in [2.24, 2.45) is 0 Å². The molecule has 2 amide bonds. The number of hydrogen-bond donors (Lipinski definition) is 1. The third-order valence-corrected chi connectivity index (χ3v) is 7.61. The predicted octanol–water partition coefficient (Wildman–Crippen LogP) is 0.920. The maximum atomic E-state index is 12.6. The summed E-state index contributed by atoms with van der Waals surface area (Å²) in [5.41, 5.74) is 0.755. The van der Waals surface area contributed by atoms with E-state index in [1.54, 1.807) is 24.3 Å². The third-order valence-electron chi connectivity index (χ3n) is 4.47. The van der Waals surface area contributed by atoms with Crippen LogP contribution >= 0.6 is 24.0 Å². The van der Waals surface area contributed by atoms with E-state index in [4.69, 9.17) is 21.7 Å². The number of carbonyl (C=O) groups is 2. The number of rotatable bonds is 4. The zero-order valence-electron chi connectivity index (χ0n) is 14.5. The zero-order chi connectivity index (χ0) is 19.9. The lowest BCUT2D eigenvalue weighted by Crippen LogP contribution is -2.43. The van der Waals surface area contributed by atoms with Gasteiger partial charge in [0, 0.05) is 6.04 Å². The summed E-state index contributed by atoms with van der Waals surface area (Å²) < 4.78 is 33.9. The van der Waals surface area contributed by atoms with E-state index in [1.165, 1.54) is 4.90 Å². The molecule has 0 aromatic heterocycles. The summed E-state index contributed by atoms with van der Waals surface area (Å²) in [6.07, 6.45) is 2.07. The monoisotopic (exact) mass is 440 g/mol. The van der Waals surface area contributed by atoms with E-state index in [-0.39, 0.29) is 35.1 Å². The molecule has 1 N–H and O–H groups in total. The van der Waals surface area contributed by atoms with Gasteiger partial charge in [-0.15, -0.1) is 0 Å². The van der Waals surface area contributed by atoms with Crippen molar-refractivity contribution >= 4 is 56.0 Å². The van der Waals surface area contributed by atoms with Gasteiger partial charge in [0.1, 0.15) is 10.9 Å². The minimum Gasteiger partial charge on any atom is -0.454 e. The topological polar surface area (TPSA) is 102 Å². The van der Waals surface area contributed by atoms with Crippen LogP contribution < -0.4 is 14.8 Å². The fourth-order valence-electron chi connectivity index (χ4n) is 3.12. The van der Waals surface area contributed by atoms with Crippen LogP contribution in [0.25, 0.3) is 6.08 Å². The molecule has 1 atom stereocenters. The van der Waals surface area contributed by atoms with Crippen LogP contribution in [-0.2, 0) is 19.4 Å². The molecule has 3 aliphatic rings. The average Bonchev–Trinajstić information content (AvgIpc) is 3.29. The maximum absolute atomic E-state index is 12.6. The summed E-state index contributed by atoms with van der Waals surface area (Å²) in [6.45, 7) is -0.0714. The SMILES string of the molecule is O=C(CN1C(=O)/C(=C/c2ccc3c(c2)OCO3)SC1=S)NC1CCS(=O)(=O)C1. The fraction of sp³-hybridized carbons (Fsp3) is 0.353. The Morgan fingerprint density at radius 2 is 2.14 bits per heavy atom. The molecule has 0 spiro atoms. The lowest BCUT2D eigenvalue weighted by atomic mass is 10.2. The molecular weight excluding hydrogens is 424 g/mol. The van der Waals surface area contributed by atoms with E-state index >= 15 is 0 Å². The Morgan fingerprint density at radius 1 is 1.36 bits per heavy atom. The second-order valence-corrected chi connectivity index (χ2v) is 10.5. The minimum atomic E-state index is -3.09. The van der Waals surface area contributed by atoms with Gasteiger partial charge in [-0.3, -0.25) is 14.5 Å². The first-order valence-corrected chi connectivity index (χ1v) is 11.5. The van der Waals surface area contributed by atoms with Crippen molar-refractivity contribution in [1.82, 2.24) is 10.2 Å². The van der Waals surface area contributed by atoms with Gasteiger partial charge in [0.2, 0.25) is 12.7 Å². The summed E-state index contributed by atoms with van der Waals surface area (Å²) in [6, 6.07) is 4.91. The van der Waals surface area contributed by atoms with Gasteiger partial charge in [-0.05, 0) is 30.2 Å². The van der Waals surface area contributed by atoms with Gasteiger partial charge in [0.05, 0.1) is 16.4 Å². The Bertz CT molecular complexity index is 1000. The Labute approximate surface area is 171 Å². The van der Waals surface area contributed by atoms with Crippen molar-refractivity contribution in [1.29, 1.82) is 0 Å². The molecule has 0 saturated carbocycles. The third kappa shape index (κ3) is 4.01. The van der Waals surface area contributed by atoms with E-state index in [0.29, 0.717) is 22.8 Å². The standard InChI is InChI=1S/C17H16N2O6S3/c20-15(18-11-3-4-28(22,23)8-11)7-19-16(21)14(27-17(19)26)6-10-1-2-12-13(5-10)25-9-24-12/h1-2,5-6,11H,3-4,7-9H2,(H,18,20)/b14-6-.